The van der Waals surface area contributed by atoms with E-state index in [4.69, 9.17) is 5.73 Å². The maximum absolute atomic E-state index is 11.8. The molecule has 0 radical (unpaired) electrons. The summed E-state index contributed by atoms with van der Waals surface area (Å²) in [4.78, 5) is 11.8. The minimum Gasteiger partial charge on any atom is -0.319 e. The Hall–Kier alpha value is -1.88. The molecule has 5 heteroatoms. The molecule has 3 N–H and O–H groups in total. The van der Waals surface area contributed by atoms with Gasteiger partial charge in [0.05, 0.1) is 11.2 Å². The molecule has 0 unspecified atom stereocenters. The zero-order valence-electron chi connectivity index (χ0n) is 10.2. The van der Waals surface area contributed by atoms with E-state index in [9.17, 15) is 4.79 Å². The number of benzene rings is 1. The molecule has 17 heavy (non-hydrogen) atoms. The van der Waals surface area contributed by atoms with Gasteiger partial charge in [-0.05, 0) is 32.9 Å². The van der Waals surface area contributed by atoms with Gasteiger partial charge in [-0.1, -0.05) is 17.7 Å². The summed E-state index contributed by atoms with van der Waals surface area (Å²) in [7, 11) is 0. The Labute approximate surface area is 99.3 Å². The number of rotatable bonds is 2. The molecule has 2 rings (SSSR count). The van der Waals surface area contributed by atoms with Crippen molar-refractivity contribution < 1.29 is 0 Å². The van der Waals surface area contributed by atoms with Gasteiger partial charge in [0.25, 0.3) is 0 Å². The minimum atomic E-state index is -0.677. The molecule has 0 spiro atoms. The van der Waals surface area contributed by atoms with Crippen molar-refractivity contribution in [2.24, 2.45) is 5.73 Å². The van der Waals surface area contributed by atoms with Crippen molar-refractivity contribution >= 4 is 0 Å². The molecular formula is C12H16N4O. The van der Waals surface area contributed by atoms with Crippen LogP contribution in [0.25, 0.3) is 5.69 Å². The van der Waals surface area contributed by atoms with Crippen molar-refractivity contribution in [3.8, 4) is 5.69 Å². The van der Waals surface area contributed by atoms with Crippen LogP contribution in [0.2, 0.25) is 0 Å². The second-order valence-corrected chi connectivity index (χ2v) is 4.75. The Balaban J connectivity index is 2.63. The van der Waals surface area contributed by atoms with Gasteiger partial charge in [0.15, 0.2) is 5.82 Å². The van der Waals surface area contributed by atoms with Gasteiger partial charge in [0, 0.05) is 0 Å². The van der Waals surface area contributed by atoms with Gasteiger partial charge in [0.2, 0.25) is 0 Å². The molecule has 0 fully saturated rings. The summed E-state index contributed by atoms with van der Waals surface area (Å²) in [6.07, 6.45) is 0. The molecule has 1 heterocycles. The van der Waals surface area contributed by atoms with Crippen LogP contribution in [0.15, 0.2) is 29.1 Å². The first-order valence-electron chi connectivity index (χ1n) is 5.43. The first kappa shape index (κ1) is 11.6. The van der Waals surface area contributed by atoms with Crippen LogP contribution in [0.1, 0.15) is 25.2 Å². The smallest absolute Gasteiger partial charge is 0.319 e. The van der Waals surface area contributed by atoms with Gasteiger partial charge in [-0.2, -0.15) is 5.10 Å². The highest BCUT2D eigenvalue weighted by molar-refractivity contribution is 5.35. The fraction of sp³-hybridized carbons (Fsp3) is 0.333. The molecule has 0 saturated carbocycles. The van der Waals surface area contributed by atoms with Crippen LogP contribution in [0, 0.1) is 6.92 Å². The fourth-order valence-corrected chi connectivity index (χ4v) is 1.66. The number of nitrogens with one attached hydrogen (secondary N) is 1. The zero-order valence-corrected chi connectivity index (χ0v) is 10.2. The van der Waals surface area contributed by atoms with Crippen LogP contribution in [-0.2, 0) is 5.54 Å². The van der Waals surface area contributed by atoms with Crippen LogP contribution in [0.3, 0.4) is 0 Å². The average Bonchev–Trinajstić information content (AvgIpc) is 2.61. The maximum Gasteiger partial charge on any atom is 0.347 e. The number of nitrogens with two attached hydrogens (primary N) is 1. The highest BCUT2D eigenvalue weighted by Crippen LogP contribution is 2.16. The monoisotopic (exact) mass is 232 g/mol. The summed E-state index contributed by atoms with van der Waals surface area (Å²) in [6, 6.07) is 7.65. The third-order valence-electron chi connectivity index (χ3n) is 2.54. The van der Waals surface area contributed by atoms with Gasteiger partial charge in [0.1, 0.15) is 0 Å². The molecule has 0 aliphatic carbocycles. The van der Waals surface area contributed by atoms with Crippen LogP contribution < -0.4 is 11.4 Å². The number of aryl methyl sites for hydroxylation is 1. The van der Waals surface area contributed by atoms with Crippen molar-refractivity contribution in [2.45, 2.75) is 26.3 Å². The molecule has 0 aliphatic heterocycles. The molecule has 0 atom stereocenters. The summed E-state index contributed by atoms with van der Waals surface area (Å²) in [5.41, 5.74) is 6.95. The molecule has 0 saturated heterocycles. The van der Waals surface area contributed by atoms with E-state index in [1.165, 1.54) is 4.57 Å². The number of hydrogen-bond donors (Lipinski definition) is 2. The van der Waals surface area contributed by atoms with E-state index < -0.39 is 5.54 Å². The molecule has 0 aliphatic rings. The second-order valence-electron chi connectivity index (χ2n) is 4.75. The number of nitrogens with zero attached hydrogens (tertiary/aromatic N) is 2. The van der Waals surface area contributed by atoms with Crippen LogP contribution >= 0.6 is 0 Å². The molecule has 1 aromatic carbocycles. The second kappa shape index (κ2) is 3.85. The highest BCUT2D eigenvalue weighted by Gasteiger charge is 2.23. The molecule has 90 valence electrons. The Kier molecular flexibility index (Phi) is 2.63. The first-order chi connectivity index (χ1) is 7.89. The summed E-state index contributed by atoms with van der Waals surface area (Å²) in [6.45, 7) is 5.62. The Morgan fingerprint density at radius 3 is 2.41 bits per heavy atom. The maximum atomic E-state index is 11.8. The van der Waals surface area contributed by atoms with E-state index >= 15 is 0 Å². The van der Waals surface area contributed by atoms with Gasteiger partial charge in [-0.25, -0.2) is 14.5 Å². The van der Waals surface area contributed by atoms with Crippen molar-refractivity contribution in [1.29, 1.82) is 0 Å². The van der Waals surface area contributed by atoms with Crippen LogP contribution in [0.4, 0.5) is 0 Å². The van der Waals surface area contributed by atoms with Crippen molar-refractivity contribution in [3.63, 3.8) is 0 Å². The Morgan fingerprint density at radius 2 is 1.88 bits per heavy atom. The normalized spacial score (nSPS) is 11.8. The van der Waals surface area contributed by atoms with Crippen molar-refractivity contribution in [2.75, 3.05) is 0 Å². The summed E-state index contributed by atoms with van der Waals surface area (Å²) in [5.74, 6) is 0.520. The largest absolute Gasteiger partial charge is 0.347 e. The molecule has 1 aromatic heterocycles. The number of aromatic nitrogens is 3. The lowest BCUT2D eigenvalue weighted by atomic mass is 10.1. The predicted molar refractivity (Wildman–Crippen MR) is 66.1 cm³/mol. The molecule has 2 aromatic rings. The molecule has 0 bridgehead atoms. The van der Waals surface area contributed by atoms with Gasteiger partial charge in [-0.3, -0.25) is 0 Å². The highest BCUT2D eigenvalue weighted by atomic mass is 16.1. The zero-order chi connectivity index (χ0) is 12.6. The van der Waals surface area contributed by atoms with Gasteiger partial charge < -0.3 is 5.73 Å². The van der Waals surface area contributed by atoms with E-state index in [-0.39, 0.29) is 5.69 Å². The molecule has 0 amide bonds. The lowest BCUT2D eigenvalue weighted by Gasteiger charge is -2.18. The minimum absolute atomic E-state index is 0.276. The van der Waals surface area contributed by atoms with Crippen molar-refractivity contribution in [3.05, 3.63) is 46.1 Å². The van der Waals surface area contributed by atoms with E-state index in [0.717, 1.165) is 11.3 Å². The summed E-state index contributed by atoms with van der Waals surface area (Å²) < 4.78 is 1.50. The predicted octanol–water partition coefficient (Wildman–Crippen LogP) is 1.06. The van der Waals surface area contributed by atoms with Crippen LogP contribution in [0.5, 0.6) is 0 Å². The standard InChI is InChI=1S/C12H16N4O/c1-8-4-6-9(7-5-8)16-10(12(2,3)13)14-15-11(16)17/h4-7H,13H2,1-3H3,(H,15,17). The first-order valence-corrected chi connectivity index (χ1v) is 5.43. The molecular weight excluding hydrogens is 216 g/mol. The summed E-state index contributed by atoms with van der Waals surface area (Å²) in [5, 5.41) is 6.42. The van der Waals surface area contributed by atoms with Crippen molar-refractivity contribution in [1.82, 2.24) is 14.8 Å². The lowest BCUT2D eigenvalue weighted by Crippen LogP contribution is -2.34. The van der Waals surface area contributed by atoms with E-state index in [1.807, 2.05) is 45.0 Å². The summed E-state index contributed by atoms with van der Waals surface area (Å²) >= 11 is 0. The fourth-order valence-electron chi connectivity index (χ4n) is 1.66. The Bertz CT molecular complexity index is 572. The quantitative estimate of drug-likeness (QED) is 0.813. The van der Waals surface area contributed by atoms with Crippen LogP contribution in [-0.4, -0.2) is 14.8 Å². The number of aromatic amines is 1. The topological polar surface area (TPSA) is 76.7 Å². The average molecular weight is 232 g/mol. The molecule has 5 nitrogen and oxygen atoms in total. The third-order valence-corrected chi connectivity index (χ3v) is 2.54. The van der Waals surface area contributed by atoms with Gasteiger partial charge in [-0.15, -0.1) is 0 Å². The lowest BCUT2D eigenvalue weighted by molar-refractivity contribution is 0.502. The third kappa shape index (κ3) is 2.14. The SMILES string of the molecule is Cc1ccc(-n2c(C(C)(C)N)n[nH]c2=O)cc1. The van der Waals surface area contributed by atoms with E-state index in [1.54, 1.807) is 0 Å². The number of hydrogen-bond acceptors (Lipinski definition) is 3. The van der Waals surface area contributed by atoms with Gasteiger partial charge >= 0.3 is 5.69 Å². The van der Waals surface area contributed by atoms with E-state index in [2.05, 4.69) is 10.2 Å². The Morgan fingerprint density at radius 1 is 1.29 bits per heavy atom. The van der Waals surface area contributed by atoms with E-state index in [0.29, 0.717) is 5.82 Å². The number of H-pyrrole nitrogens is 1.